The van der Waals surface area contributed by atoms with E-state index in [4.69, 9.17) is 4.74 Å². The van der Waals surface area contributed by atoms with Crippen LogP contribution in [0.3, 0.4) is 0 Å². The Bertz CT molecular complexity index is 146. The highest BCUT2D eigenvalue weighted by atomic mass is 16.5. The highest BCUT2D eigenvalue weighted by molar-refractivity contribution is 4.90. The van der Waals surface area contributed by atoms with Gasteiger partial charge in [0.2, 0.25) is 0 Å². The van der Waals surface area contributed by atoms with Crippen LogP contribution in [-0.2, 0) is 4.74 Å². The van der Waals surface area contributed by atoms with Crippen LogP contribution >= 0.6 is 0 Å². The standard InChI is InChI=1S/C10H21NO2/c1-3-9(7-13-2)11-8-10(12)5-4-6-10/h9,11-12H,3-8H2,1-2H3. The zero-order chi connectivity index (χ0) is 9.73. The molecule has 2 N–H and O–H groups in total. The van der Waals surface area contributed by atoms with Gasteiger partial charge < -0.3 is 15.2 Å². The van der Waals surface area contributed by atoms with Crippen molar-refractivity contribution in [3.05, 3.63) is 0 Å². The van der Waals surface area contributed by atoms with Crippen molar-refractivity contribution in [2.45, 2.75) is 44.2 Å². The molecule has 1 aliphatic rings. The summed E-state index contributed by atoms with van der Waals surface area (Å²) in [6, 6.07) is 0.384. The molecule has 3 nitrogen and oxygen atoms in total. The second kappa shape index (κ2) is 4.94. The van der Waals surface area contributed by atoms with Gasteiger partial charge in [-0.15, -0.1) is 0 Å². The van der Waals surface area contributed by atoms with Crippen molar-refractivity contribution in [1.29, 1.82) is 0 Å². The topological polar surface area (TPSA) is 41.5 Å². The molecule has 1 atom stereocenters. The van der Waals surface area contributed by atoms with Gasteiger partial charge in [-0.25, -0.2) is 0 Å². The Morgan fingerprint density at radius 2 is 2.23 bits per heavy atom. The van der Waals surface area contributed by atoms with Gasteiger partial charge in [0.15, 0.2) is 0 Å². The van der Waals surface area contributed by atoms with E-state index >= 15 is 0 Å². The minimum Gasteiger partial charge on any atom is -0.389 e. The van der Waals surface area contributed by atoms with E-state index in [9.17, 15) is 5.11 Å². The Morgan fingerprint density at radius 1 is 1.54 bits per heavy atom. The van der Waals surface area contributed by atoms with Crippen LogP contribution < -0.4 is 5.32 Å². The zero-order valence-corrected chi connectivity index (χ0v) is 8.68. The van der Waals surface area contributed by atoms with Gasteiger partial charge in [-0.3, -0.25) is 0 Å². The van der Waals surface area contributed by atoms with E-state index in [1.165, 1.54) is 6.42 Å². The predicted octanol–water partition coefficient (Wildman–Crippen LogP) is 0.916. The summed E-state index contributed by atoms with van der Waals surface area (Å²) in [5.41, 5.74) is -0.416. The van der Waals surface area contributed by atoms with Crippen molar-refractivity contribution in [2.75, 3.05) is 20.3 Å². The highest BCUT2D eigenvalue weighted by Crippen LogP contribution is 2.30. The molecule has 1 rings (SSSR count). The first kappa shape index (κ1) is 11.0. The molecular formula is C10H21NO2. The minimum atomic E-state index is -0.416. The maximum absolute atomic E-state index is 9.82. The van der Waals surface area contributed by atoms with E-state index in [1.54, 1.807) is 7.11 Å². The van der Waals surface area contributed by atoms with E-state index in [2.05, 4.69) is 12.2 Å². The summed E-state index contributed by atoms with van der Waals surface area (Å²) >= 11 is 0. The lowest BCUT2D eigenvalue weighted by Crippen LogP contribution is -2.49. The van der Waals surface area contributed by atoms with E-state index in [0.29, 0.717) is 6.04 Å². The lowest BCUT2D eigenvalue weighted by Gasteiger charge is -2.37. The van der Waals surface area contributed by atoms with Gasteiger partial charge in [0.05, 0.1) is 12.2 Å². The maximum atomic E-state index is 9.82. The summed E-state index contributed by atoms with van der Waals surface area (Å²) in [6.07, 6.45) is 4.11. The summed E-state index contributed by atoms with van der Waals surface area (Å²) in [4.78, 5) is 0. The van der Waals surface area contributed by atoms with Gasteiger partial charge in [0, 0.05) is 19.7 Å². The first-order valence-electron chi connectivity index (χ1n) is 5.15. The molecule has 0 saturated heterocycles. The van der Waals surface area contributed by atoms with Crippen molar-refractivity contribution in [1.82, 2.24) is 5.32 Å². The van der Waals surface area contributed by atoms with Crippen molar-refractivity contribution in [3.8, 4) is 0 Å². The lowest BCUT2D eigenvalue weighted by atomic mass is 9.80. The number of hydrogen-bond acceptors (Lipinski definition) is 3. The Kier molecular flexibility index (Phi) is 4.16. The van der Waals surface area contributed by atoms with E-state index in [-0.39, 0.29) is 0 Å². The molecule has 0 aromatic carbocycles. The Balaban J connectivity index is 2.15. The molecule has 78 valence electrons. The van der Waals surface area contributed by atoms with Crippen LogP contribution in [0.5, 0.6) is 0 Å². The molecule has 1 aliphatic carbocycles. The van der Waals surface area contributed by atoms with Crippen LogP contribution in [0.2, 0.25) is 0 Å². The molecule has 0 aromatic heterocycles. The van der Waals surface area contributed by atoms with E-state index < -0.39 is 5.60 Å². The molecule has 1 fully saturated rings. The Morgan fingerprint density at radius 3 is 2.62 bits per heavy atom. The molecule has 1 unspecified atom stereocenters. The van der Waals surface area contributed by atoms with Crippen LogP contribution in [0, 0.1) is 0 Å². The Hall–Kier alpha value is -0.120. The fourth-order valence-corrected chi connectivity index (χ4v) is 1.62. The second-order valence-corrected chi connectivity index (χ2v) is 4.02. The van der Waals surface area contributed by atoms with Gasteiger partial charge >= 0.3 is 0 Å². The first-order chi connectivity index (χ1) is 6.20. The summed E-state index contributed by atoms with van der Waals surface area (Å²) < 4.78 is 5.07. The Labute approximate surface area is 80.5 Å². The average Bonchev–Trinajstić information content (AvgIpc) is 2.09. The minimum absolute atomic E-state index is 0.384. The molecule has 1 saturated carbocycles. The molecule has 0 heterocycles. The summed E-state index contributed by atoms with van der Waals surface area (Å²) in [7, 11) is 1.71. The van der Waals surface area contributed by atoms with Gasteiger partial charge in [-0.1, -0.05) is 6.92 Å². The fraction of sp³-hybridized carbons (Fsp3) is 1.00. The maximum Gasteiger partial charge on any atom is 0.0771 e. The summed E-state index contributed by atoms with van der Waals surface area (Å²) in [5, 5.41) is 13.2. The smallest absolute Gasteiger partial charge is 0.0771 e. The summed E-state index contributed by atoms with van der Waals surface area (Å²) in [5.74, 6) is 0. The predicted molar refractivity (Wildman–Crippen MR) is 52.8 cm³/mol. The number of ether oxygens (including phenoxy) is 1. The third-order valence-corrected chi connectivity index (χ3v) is 2.86. The average molecular weight is 187 g/mol. The molecule has 3 heteroatoms. The zero-order valence-electron chi connectivity index (χ0n) is 8.68. The number of hydrogen-bond donors (Lipinski definition) is 2. The van der Waals surface area contributed by atoms with Crippen LogP contribution in [-0.4, -0.2) is 37.0 Å². The molecule has 0 spiro atoms. The van der Waals surface area contributed by atoms with Crippen molar-refractivity contribution >= 4 is 0 Å². The number of nitrogens with one attached hydrogen (secondary N) is 1. The molecule has 0 aliphatic heterocycles. The van der Waals surface area contributed by atoms with E-state index in [0.717, 1.165) is 32.4 Å². The van der Waals surface area contributed by atoms with Gasteiger partial charge in [-0.2, -0.15) is 0 Å². The van der Waals surface area contributed by atoms with E-state index in [1.807, 2.05) is 0 Å². The van der Waals surface area contributed by atoms with Crippen molar-refractivity contribution in [2.24, 2.45) is 0 Å². The molecule has 0 amide bonds. The van der Waals surface area contributed by atoms with Crippen molar-refractivity contribution < 1.29 is 9.84 Å². The molecule has 0 bridgehead atoms. The molecule has 0 radical (unpaired) electrons. The quantitative estimate of drug-likeness (QED) is 0.649. The second-order valence-electron chi connectivity index (χ2n) is 4.02. The van der Waals surface area contributed by atoms with Crippen LogP contribution in [0.15, 0.2) is 0 Å². The van der Waals surface area contributed by atoms with Crippen LogP contribution in [0.1, 0.15) is 32.6 Å². The van der Waals surface area contributed by atoms with Gasteiger partial charge in [0.25, 0.3) is 0 Å². The SMILES string of the molecule is CCC(COC)NCC1(O)CCC1. The monoisotopic (exact) mass is 187 g/mol. The number of aliphatic hydroxyl groups is 1. The summed E-state index contributed by atoms with van der Waals surface area (Å²) in [6.45, 7) is 3.57. The van der Waals surface area contributed by atoms with Crippen molar-refractivity contribution in [3.63, 3.8) is 0 Å². The highest BCUT2D eigenvalue weighted by Gasteiger charge is 2.34. The molecule has 0 aromatic rings. The third kappa shape index (κ3) is 3.25. The van der Waals surface area contributed by atoms with Gasteiger partial charge in [0.1, 0.15) is 0 Å². The molecular weight excluding hydrogens is 166 g/mol. The lowest BCUT2D eigenvalue weighted by molar-refractivity contribution is -0.0349. The number of methoxy groups -OCH3 is 1. The normalized spacial score (nSPS) is 22.4. The largest absolute Gasteiger partial charge is 0.389 e. The third-order valence-electron chi connectivity index (χ3n) is 2.86. The van der Waals surface area contributed by atoms with Crippen LogP contribution in [0.25, 0.3) is 0 Å². The van der Waals surface area contributed by atoms with Gasteiger partial charge in [-0.05, 0) is 25.7 Å². The molecule has 13 heavy (non-hydrogen) atoms. The fourth-order valence-electron chi connectivity index (χ4n) is 1.62. The number of rotatable bonds is 6. The first-order valence-corrected chi connectivity index (χ1v) is 5.15. The van der Waals surface area contributed by atoms with Crippen LogP contribution in [0.4, 0.5) is 0 Å².